The summed E-state index contributed by atoms with van der Waals surface area (Å²) in [6, 6.07) is 9.72. The topological polar surface area (TPSA) is 69.7 Å². The van der Waals surface area contributed by atoms with Crippen LogP contribution >= 0.6 is 0 Å². The molecule has 0 unspecified atom stereocenters. The highest BCUT2D eigenvalue weighted by Gasteiger charge is 2.28. The minimum atomic E-state index is -3.66. The number of hydrogen-bond donors (Lipinski definition) is 0. The molecule has 3 rings (SSSR count). The van der Waals surface area contributed by atoms with Gasteiger partial charge >= 0.3 is 10.1 Å². The van der Waals surface area contributed by atoms with Crippen molar-refractivity contribution in [3.8, 4) is 11.5 Å². The first-order chi connectivity index (χ1) is 10.8. The van der Waals surface area contributed by atoms with Gasteiger partial charge < -0.3 is 8.92 Å². The van der Waals surface area contributed by atoms with Crippen LogP contribution in [0.25, 0.3) is 6.08 Å². The lowest BCUT2D eigenvalue weighted by Crippen LogP contribution is -2.05. The Balaban J connectivity index is 1.91. The Hall–Kier alpha value is -2.67. The fourth-order valence-corrected chi connectivity index (χ4v) is 2.56. The lowest BCUT2D eigenvalue weighted by Gasteiger charge is -2.03. The van der Waals surface area contributed by atoms with Crippen molar-refractivity contribution in [3.63, 3.8) is 0 Å². The maximum absolute atomic E-state index is 12.9. The molecule has 0 saturated heterocycles. The zero-order valence-corrected chi connectivity index (χ0v) is 12.8. The summed E-state index contributed by atoms with van der Waals surface area (Å²) < 4.78 is 45.3. The minimum absolute atomic E-state index is 0.0575. The first kappa shape index (κ1) is 15.2. The van der Waals surface area contributed by atoms with E-state index in [1.807, 2.05) is 0 Å². The molecule has 0 bridgehead atoms. The van der Waals surface area contributed by atoms with Crippen molar-refractivity contribution >= 4 is 22.0 Å². The molecule has 2 aromatic carbocycles. The molecule has 0 amide bonds. The Kier molecular flexibility index (Phi) is 3.65. The number of benzene rings is 2. The number of carbonyl (C=O) groups is 1. The summed E-state index contributed by atoms with van der Waals surface area (Å²) in [4.78, 5) is 12.2. The van der Waals surface area contributed by atoms with E-state index in [9.17, 15) is 17.6 Å². The molecule has 0 aromatic heterocycles. The molecule has 7 heteroatoms. The van der Waals surface area contributed by atoms with Gasteiger partial charge in [-0.15, -0.1) is 0 Å². The molecule has 1 aliphatic rings. The molecule has 0 fully saturated rings. The van der Waals surface area contributed by atoms with Gasteiger partial charge in [-0.2, -0.15) is 8.42 Å². The number of ether oxygens (including phenoxy) is 1. The van der Waals surface area contributed by atoms with E-state index < -0.39 is 10.1 Å². The van der Waals surface area contributed by atoms with Gasteiger partial charge in [0.1, 0.15) is 17.3 Å². The van der Waals surface area contributed by atoms with E-state index in [2.05, 4.69) is 0 Å². The summed E-state index contributed by atoms with van der Waals surface area (Å²) in [7, 11) is -3.66. The number of halogens is 1. The van der Waals surface area contributed by atoms with Gasteiger partial charge in [-0.25, -0.2) is 4.39 Å². The average Bonchev–Trinajstić information content (AvgIpc) is 2.76. The van der Waals surface area contributed by atoms with Crippen LogP contribution in [0.2, 0.25) is 0 Å². The quantitative estimate of drug-likeness (QED) is 0.638. The van der Waals surface area contributed by atoms with Crippen molar-refractivity contribution in [2.45, 2.75) is 0 Å². The van der Waals surface area contributed by atoms with Crippen molar-refractivity contribution in [1.82, 2.24) is 0 Å². The minimum Gasteiger partial charge on any atom is -0.452 e. The number of carbonyl (C=O) groups excluding carboxylic acids is 1. The van der Waals surface area contributed by atoms with E-state index in [4.69, 9.17) is 8.92 Å². The van der Waals surface area contributed by atoms with Crippen LogP contribution in [-0.2, 0) is 10.1 Å². The predicted octanol–water partition coefficient (Wildman–Crippen LogP) is 2.78. The molecule has 0 radical (unpaired) electrons. The lowest BCUT2D eigenvalue weighted by atomic mass is 10.1. The molecule has 118 valence electrons. The molecule has 1 heterocycles. The number of hydrogen-bond acceptors (Lipinski definition) is 5. The summed E-state index contributed by atoms with van der Waals surface area (Å²) in [6.45, 7) is 0. The summed E-state index contributed by atoms with van der Waals surface area (Å²) in [5.41, 5.74) is 0.911. The highest BCUT2D eigenvalue weighted by atomic mass is 32.2. The summed E-state index contributed by atoms with van der Waals surface area (Å²) in [6.07, 6.45) is 2.41. The van der Waals surface area contributed by atoms with Crippen molar-refractivity contribution in [2.24, 2.45) is 0 Å². The van der Waals surface area contributed by atoms with Crippen molar-refractivity contribution < 1.29 is 26.5 Å². The Morgan fingerprint density at radius 2 is 1.83 bits per heavy atom. The molecule has 0 saturated carbocycles. The average molecular weight is 334 g/mol. The number of allylic oxidation sites excluding steroid dienone is 1. The number of ketones is 1. The molecule has 1 aliphatic heterocycles. The third kappa shape index (κ3) is 3.40. The molecule has 2 aromatic rings. The number of fused-ring (bicyclic) bond motifs is 1. The van der Waals surface area contributed by atoms with Gasteiger partial charge in [0.25, 0.3) is 0 Å². The molecule has 23 heavy (non-hydrogen) atoms. The predicted molar refractivity (Wildman–Crippen MR) is 81.2 cm³/mol. The van der Waals surface area contributed by atoms with Gasteiger partial charge in [0.15, 0.2) is 5.76 Å². The second kappa shape index (κ2) is 5.51. The van der Waals surface area contributed by atoms with E-state index in [0.717, 1.165) is 6.26 Å². The zero-order valence-electron chi connectivity index (χ0n) is 11.9. The monoisotopic (exact) mass is 334 g/mol. The number of Topliss-reactive ketones (excluding diaryl/α,β-unsaturated/α-hetero) is 1. The van der Waals surface area contributed by atoms with Crippen LogP contribution in [0.4, 0.5) is 4.39 Å². The SMILES string of the molecule is CS(=O)(=O)Oc1ccc2c(c1)O/C(=C/c1ccc(F)cc1)C2=O. The van der Waals surface area contributed by atoms with Crippen molar-refractivity contribution in [1.29, 1.82) is 0 Å². The third-order valence-corrected chi connectivity index (χ3v) is 3.55. The zero-order chi connectivity index (χ0) is 16.6. The lowest BCUT2D eigenvalue weighted by molar-refractivity contribution is 0.101. The molecule has 5 nitrogen and oxygen atoms in total. The van der Waals surface area contributed by atoms with Crippen LogP contribution < -0.4 is 8.92 Å². The van der Waals surface area contributed by atoms with Crippen LogP contribution in [0.1, 0.15) is 15.9 Å². The Morgan fingerprint density at radius 1 is 1.13 bits per heavy atom. The van der Waals surface area contributed by atoms with E-state index >= 15 is 0 Å². The van der Waals surface area contributed by atoms with Crippen LogP contribution in [-0.4, -0.2) is 20.5 Å². The maximum atomic E-state index is 12.9. The Bertz CT molecular complexity index is 914. The Labute approximate surface area is 132 Å². The Morgan fingerprint density at radius 3 is 2.48 bits per heavy atom. The highest BCUT2D eigenvalue weighted by molar-refractivity contribution is 7.86. The van der Waals surface area contributed by atoms with Crippen LogP contribution in [0, 0.1) is 5.82 Å². The van der Waals surface area contributed by atoms with Gasteiger partial charge in [0, 0.05) is 6.07 Å². The van der Waals surface area contributed by atoms with Crippen LogP contribution in [0.3, 0.4) is 0 Å². The number of rotatable bonds is 3. The molecule has 0 N–H and O–H groups in total. The summed E-state index contributed by atoms with van der Waals surface area (Å²) in [5, 5.41) is 0. The molecule has 0 aliphatic carbocycles. The van der Waals surface area contributed by atoms with Gasteiger partial charge in [0.2, 0.25) is 5.78 Å². The molecule has 0 atom stereocenters. The molecule has 0 spiro atoms. The van der Waals surface area contributed by atoms with Crippen LogP contribution in [0.15, 0.2) is 48.2 Å². The second-order valence-corrected chi connectivity index (χ2v) is 6.51. The van der Waals surface area contributed by atoms with Gasteiger partial charge in [-0.05, 0) is 35.9 Å². The molecular weight excluding hydrogens is 323 g/mol. The maximum Gasteiger partial charge on any atom is 0.306 e. The highest BCUT2D eigenvalue weighted by Crippen LogP contribution is 2.35. The van der Waals surface area contributed by atoms with E-state index in [1.165, 1.54) is 48.5 Å². The third-order valence-electron chi connectivity index (χ3n) is 3.06. The normalized spacial score (nSPS) is 15.4. The van der Waals surface area contributed by atoms with Crippen LogP contribution in [0.5, 0.6) is 11.5 Å². The van der Waals surface area contributed by atoms with Gasteiger partial charge in [-0.1, -0.05) is 12.1 Å². The summed E-state index contributed by atoms with van der Waals surface area (Å²) in [5.74, 6) is -0.374. The smallest absolute Gasteiger partial charge is 0.306 e. The second-order valence-electron chi connectivity index (χ2n) is 4.94. The van der Waals surface area contributed by atoms with E-state index in [1.54, 1.807) is 0 Å². The van der Waals surface area contributed by atoms with E-state index in [0.29, 0.717) is 11.1 Å². The largest absolute Gasteiger partial charge is 0.452 e. The first-order valence-electron chi connectivity index (χ1n) is 6.55. The summed E-state index contributed by atoms with van der Waals surface area (Å²) >= 11 is 0. The van der Waals surface area contributed by atoms with Gasteiger partial charge in [0.05, 0.1) is 11.8 Å². The van der Waals surface area contributed by atoms with Gasteiger partial charge in [-0.3, -0.25) is 4.79 Å². The van der Waals surface area contributed by atoms with Crippen molar-refractivity contribution in [2.75, 3.05) is 6.26 Å². The fourth-order valence-electron chi connectivity index (χ4n) is 2.10. The fraction of sp³-hybridized carbons (Fsp3) is 0.0625. The first-order valence-corrected chi connectivity index (χ1v) is 8.37. The standard InChI is InChI=1S/C16H11FO5S/c1-23(19,20)22-12-6-7-13-14(9-12)21-15(16(13)18)8-10-2-4-11(17)5-3-10/h2-9H,1H3/b15-8+. The van der Waals surface area contributed by atoms with E-state index in [-0.39, 0.29) is 28.9 Å². The van der Waals surface area contributed by atoms with Crippen molar-refractivity contribution in [3.05, 3.63) is 65.2 Å². The molecular formula is C16H11FO5S.